The van der Waals surface area contributed by atoms with Crippen LogP contribution in [0.2, 0.25) is 0 Å². The normalized spacial score (nSPS) is 12.7. The standard InChI is InChI=1S/C25H24FN3O6/c1-13-16(7-6-8-18(13)25(3,4)26)14(2)29-21(30)17(22(31)32)12-28(23(29)33)15-9-10-19-20(11-15)35-24(34)27(19)5/h6-12,14H,1-5H3,(H,31,32). The lowest BCUT2D eigenvalue weighted by atomic mass is 9.90. The van der Waals surface area contributed by atoms with E-state index in [-0.39, 0.29) is 11.3 Å². The van der Waals surface area contributed by atoms with E-state index in [4.69, 9.17) is 4.42 Å². The van der Waals surface area contributed by atoms with Crippen molar-refractivity contribution < 1.29 is 18.7 Å². The first kappa shape index (κ1) is 23.9. The number of rotatable bonds is 5. The number of aryl methyl sites for hydroxylation is 1. The van der Waals surface area contributed by atoms with Crippen molar-refractivity contribution in [2.45, 2.75) is 39.4 Å². The van der Waals surface area contributed by atoms with Crippen molar-refractivity contribution in [3.8, 4) is 5.69 Å². The Morgan fingerprint density at radius 3 is 2.46 bits per heavy atom. The van der Waals surface area contributed by atoms with Gasteiger partial charge in [-0.1, -0.05) is 18.2 Å². The number of aromatic carboxylic acids is 1. The lowest BCUT2D eigenvalue weighted by Crippen LogP contribution is -2.43. The minimum absolute atomic E-state index is 0.193. The molecular formula is C25H24FN3O6. The molecule has 182 valence electrons. The van der Waals surface area contributed by atoms with E-state index in [1.165, 1.54) is 37.6 Å². The van der Waals surface area contributed by atoms with E-state index in [1.807, 2.05) is 0 Å². The molecule has 0 aliphatic rings. The van der Waals surface area contributed by atoms with Crippen LogP contribution in [-0.4, -0.2) is 24.8 Å². The van der Waals surface area contributed by atoms with Gasteiger partial charge < -0.3 is 9.52 Å². The number of halogens is 1. The van der Waals surface area contributed by atoms with Crippen LogP contribution >= 0.6 is 0 Å². The summed E-state index contributed by atoms with van der Waals surface area (Å²) < 4.78 is 23.1. The first-order valence-electron chi connectivity index (χ1n) is 10.8. The SMILES string of the molecule is Cc1c(C(C)n2c(=O)c(C(=O)O)cn(-c3ccc4c(c3)oc(=O)n4C)c2=O)cccc1C(C)(C)F. The minimum Gasteiger partial charge on any atom is -0.477 e. The van der Waals surface area contributed by atoms with Crippen molar-refractivity contribution in [1.82, 2.24) is 13.7 Å². The molecule has 4 rings (SSSR count). The third kappa shape index (κ3) is 3.90. The Morgan fingerprint density at radius 1 is 1.14 bits per heavy atom. The topological polar surface area (TPSA) is 116 Å². The molecule has 0 amide bonds. The average molecular weight is 481 g/mol. The first-order valence-corrected chi connectivity index (χ1v) is 10.8. The third-order valence-electron chi connectivity index (χ3n) is 6.26. The van der Waals surface area contributed by atoms with E-state index in [1.54, 1.807) is 38.1 Å². The van der Waals surface area contributed by atoms with Gasteiger partial charge in [-0.15, -0.1) is 0 Å². The highest BCUT2D eigenvalue weighted by Crippen LogP contribution is 2.32. The predicted octanol–water partition coefficient (Wildman–Crippen LogP) is 3.26. The van der Waals surface area contributed by atoms with Crippen molar-refractivity contribution in [3.63, 3.8) is 0 Å². The maximum atomic E-state index is 14.8. The number of fused-ring (bicyclic) bond motifs is 1. The third-order valence-corrected chi connectivity index (χ3v) is 6.26. The zero-order valence-electron chi connectivity index (χ0n) is 19.8. The maximum absolute atomic E-state index is 14.8. The molecule has 10 heteroatoms. The van der Waals surface area contributed by atoms with Crippen LogP contribution in [0.5, 0.6) is 0 Å². The van der Waals surface area contributed by atoms with Gasteiger partial charge in [0.15, 0.2) is 5.58 Å². The van der Waals surface area contributed by atoms with Gasteiger partial charge in [-0.05, 0) is 56.5 Å². The molecule has 1 atom stereocenters. The van der Waals surface area contributed by atoms with Gasteiger partial charge in [0.1, 0.15) is 11.2 Å². The molecule has 0 aliphatic carbocycles. The van der Waals surface area contributed by atoms with E-state index >= 15 is 0 Å². The summed E-state index contributed by atoms with van der Waals surface area (Å²) in [6, 6.07) is 8.51. The van der Waals surface area contributed by atoms with Crippen LogP contribution in [0, 0.1) is 6.92 Å². The maximum Gasteiger partial charge on any atom is 0.419 e. The number of carboxylic acid groups (broad SMARTS) is 1. The molecule has 1 N–H and O–H groups in total. The van der Waals surface area contributed by atoms with Crippen LogP contribution in [0.4, 0.5) is 4.39 Å². The van der Waals surface area contributed by atoms with Crippen LogP contribution < -0.4 is 17.0 Å². The van der Waals surface area contributed by atoms with Crippen LogP contribution in [0.3, 0.4) is 0 Å². The van der Waals surface area contributed by atoms with Crippen LogP contribution in [-0.2, 0) is 12.7 Å². The lowest BCUT2D eigenvalue weighted by Gasteiger charge is -2.24. The Hall–Kier alpha value is -4.21. The second kappa shape index (κ2) is 8.23. The summed E-state index contributed by atoms with van der Waals surface area (Å²) in [5.74, 6) is -2.10. The molecule has 0 bridgehead atoms. The molecule has 2 heterocycles. The summed E-state index contributed by atoms with van der Waals surface area (Å²) in [5, 5.41) is 9.68. The molecular weight excluding hydrogens is 457 g/mol. The summed E-state index contributed by atoms with van der Waals surface area (Å²) in [6.07, 6.45) is 0.951. The number of oxazole rings is 1. The van der Waals surface area contributed by atoms with E-state index in [2.05, 4.69) is 0 Å². The lowest BCUT2D eigenvalue weighted by molar-refractivity contribution is 0.0693. The monoisotopic (exact) mass is 481 g/mol. The summed E-state index contributed by atoms with van der Waals surface area (Å²) in [5.41, 5.74) is -1.73. The van der Waals surface area contributed by atoms with Crippen molar-refractivity contribution in [1.29, 1.82) is 0 Å². The molecule has 0 radical (unpaired) electrons. The second-order valence-corrected chi connectivity index (χ2v) is 8.92. The van der Waals surface area contributed by atoms with Gasteiger partial charge in [-0.2, -0.15) is 0 Å². The smallest absolute Gasteiger partial charge is 0.419 e. The van der Waals surface area contributed by atoms with Crippen molar-refractivity contribution in [2.75, 3.05) is 0 Å². The van der Waals surface area contributed by atoms with Crippen LogP contribution in [0.25, 0.3) is 16.8 Å². The second-order valence-electron chi connectivity index (χ2n) is 8.92. The van der Waals surface area contributed by atoms with Crippen molar-refractivity contribution in [2.24, 2.45) is 7.05 Å². The molecule has 4 aromatic rings. The zero-order valence-corrected chi connectivity index (χ0v) is 19.8. The molecule has 35 heavy (non-hydrogen) atoms. The fourth-order valence-electron chi connectivity index (χ4n) is 4.41. The van der Waals surface area contributed by atoms with Gasteiger partial charge in [-0.25, -0.2) is 18.8 Å². The van der Waals surface area contributed by atoms with Gasteiger partial charge >= 0.3 is 17.4 Å². The number of carbonyl (C=O) groups is 1. The molecule has 0 saturated heterocycles. The van der Waals surface area contributed by atoms with Gasteiger partial charge in [0.25, 0.3) is 5.56 Å². The summed E-state index contributed by atoms with van der Waals surface area (Å²) >= 11 is 0. The highest BCUT2D eigenvalue weighted by atomic mass is 19.1. The predicted molar refractivity (Wildman–Crippen MR) is 127 cm³/mol. The van der Waals surface area contributed by atoms with Crippen LogP contribution in [0.15, 0.2) is 61.4 Å². The molecule has 0 spiro atoms. The quantitative estimate of drug-likeness (QED) is 0.468. The summed E-state index contributed by atoms with van der Waals surface area (Å²) in [4.78, 5) is 50.4. The molecule has 0 saturated carbocycles. The number of hydrogen-bond acceptors (Lipinski definition) is 5. The number of hydrogen-bond donors (Lipinski definition) is 1. The zero-order chi connectivity index (χ0) is 25.8. The van der Waals surface area contributed by atoms with Gasteiger partial charge in [0.05, 0.1) is 17.2 Å². The summed E-state index contributed by atoms with van der Waals surface area (Å²) in [6.45, 7) is 6.09. The first-order chi connectivity index (χ1) is 16.3. The van der Waals surface area contributed by atoms with Gasteiger partial charge in [0.2, 0.25) is 0 Å². The number of nitrogens with zero attached hydrogens (tertiary/aromatic N) is 3. The number of aromatic nitrogens is 3. The molecule has 9 nitrogen and oxygen atoms in total. The number of carboxylic acids is 1. The largest absolute Gasteiger partial charge is 0.477 e. The fourth-order valence-corrected chi connectivity index (χ4v) is 4.41. The van der Waals surface area contributed by atoms with Gasteiger partial charge in [0, 0.05) is 19.3 Å². The molecule has 0 fully saturated rings. The average Bonchev–Trinajstić information content (AvgIpc) is 3.05. The van der Waals surface area contributed by atoms with Crippen molar-refractivity contribution >= 4 is 17.1 Å². The van der Waals surface area contributed by atoms with Crippen molar-refractivity contribution in [3.05, 3.63) is 96.2 Å². The van der Waals surface area contributed by atoms with Crippen LogP contribution in [0.1, 0.15) is 53.9 Å². The number of benzene rings is 2. The Morgan fingerprint density at radius 2 is 1.83 bits per heavy atom. The Labute approximate surface area is 198 Å². The molecule has 2 aromatic heterocycles. The molecule has 2 aromatic carbocycles. The summed E-state index contributed by atoms with van der Waals surface area (Å²) in [7, 11) is 1.53. The highest BCUT2D eigenvalue weighted by molar-refractivity contribution is 5.87. The Balaban J connectivity index is 1.99. The van der Waals surface area contributed by atoms with E-state index in [0.29, 0.717) is 22.2 Å². The molecule has 1 unspecified atom stereocenters. The Kier molecular flexibility index (Phi) is 5.62. The van der Waals surface area contributed by atoms with E-state index in [9.17, 15) is 28.7 Å². The minimum atomic E-state index is -1.66. The van der Waals surface area contributed by atoms with E-state index in [0.717, 1.165) is 15.3 Å². The highest BCUT2D eigenvalue weighted by Gasteiger charge is 2.27. The molecule has 0 aliphatic heterocycles. The Bertz CT molecular complexity index is 1670. The van der Waals surface area contributed by atoms with E-state index < -0.39 is 40.2 Å². The van der Waals surface area contributed by atoms with Gasteiger partial charge in [-0.3, -0.25) is 18.5 Å². The fraction of sp³-hybridized carbons (Fsp3) is 0.280. The number of alkyl halides is 1.